The molecule has 0 spiro atoms. The highest BCUT2D eigenvalue weighted by Crippen LogP contribution is 2.21. The van der Waals surface area contributed by atoms with Crippen LogP contribution in [-0.2, 0) is 11.3 Å². The van der Waals surface area contributed by atoms with Crippen molar-refractivity contribution in [3.63, 3.8) is 0 Å². The smallest absolute Gasteiger partial charge is 0.305 e. The molecule has 0 atom stereocenters. The Balaban J connectivity index is 2.03. The predicted molar refractivity (Wildman–Crippen MR) is 104 cm³/mol. The average molecular weight is 368 g/mol. The number of rotatable bonds is 6. The molecule has 0 unspecified atom stereocenters. The van der Waals surface area contributed by atoms with Crippen LogP contribution in [0.4, 0.5) is 11.6 Å². The molecule has 2 aromatic carbocycles. The van der Waals surface area contributed by atoms with E-state index in [1.54, 1.807) is 4.68 Å². The van der Waals surface area contributed by atoms with Gasteiger partial charge in [-0.1, -0.05) is 35.4 Å². The SMILES string of the molecule is Cc1ccc(Nc2nn(CCC(=O)O)c(=S)n2-c2ccc(C)cc2)cc1. The highest BCUT2D eigenvalue weighted by Gasteiger charge is 2.13. The summed E-state index contributed by atoms with van der Waals surface area (Å²) in [5.41, 5.74) is 4.07. The second-order valence-electron chi connectivity index (χ2n) is 6.14. The lowest BCUT2D eigenvalue weighted by Crippen LogP contribution is -2.06. The molecule has 7 heteroatoms. The Kier molecular flexibility index (Phi) is 5.18. The molecule has 1 aromatic heterocycles. The van der Waals surface area contributed by atoms with Gasteiger partial charge in [0, 0.05) is 5.69 Å². The van der Waals surface area contributed by atoms with Gasteiger partial charge in [-0.05, 0) is 50.3 Å². The summed E-state index contributed by atoms with van der Waals surface area (Å²) < 4.78 is 3.81. The lowest BCUT2D eigenvalue weighted by atomic mass is 10.2. The molecule has 0 radical (unpaired) electrons. The summed E-state index contributed by atoms with van der Waals surface area (Å²) >= 11 is 5.55. The van der Waals surface area contributed by atoms with Gasteiger partial charge in [-0.25, -0.2) is 4.68 Å². The van der Waals surface area contributed by atoms with Gasteiger partial charge in [0.1, 0.15) is 0 Å². The normalized spacial score (nSPS) is 10.7. The van der Waals surface area contributed by atoms with Crippen LogP contribution in [0.25, 0.3) is 5.69 Å². The minimum absolute atomic E-state index is 0.0385. The summed E-state index contributed by atoms with van der Waals surface area (Å²) in [5.74, 6) is -0.335. The van der Waals surface area contributed by atoms with Gasteiger partial charge in [0.05, 0.1) is 18.7 Å². The van der Waals surface area contributed by atoms with Crippen molar-refractivity contribution in [1.29, 1.82) is 0 Å². The summed E-state index contributed by atoms with van der Waals surface area (Å²) in [4.78, 5) is 10.9. The van der Waals surface area contributed by atoms with Crippen molar-refractivity contribution in [2.75, 3.05) is 5.32 Å². The van der Waals surface area contributed by atoms with E-state index in [4.69, 9.17) is 17.3 Å². The number of aliphatic carboxylic acids is 1. The molecule has 0 fully saturated rings. The minimum Gasteiger partial charge on any atom is -0.481 e. The third-order valence-corrected chi connectivity index (χ3v) is 4.37. The summed E-state index contributed by atoms with van der Waals surface area (Å²) in [5, 5.41) is 16.7. The van der Waals surface area contributed by atoms with Crippen LogP contribution in [0, 0.1) is 18.6 Å². The highest BCUT2D eigenvalue weighted by atomic mass is 32.1. The van der Waals surface area contributed by atoms with Gasteiger partial charge in [-0.3, -0.25) is 9.36 Å². The van der Waals surface area contributed by atoms with Crippen molar-refractivity contribution < 1.29 is 9.90 Å². The number of nitrogens with zero attached hydrogens (tertiary/aromatic N) is 3. The largest absolute Gasteiger partial charge is 0.481 e. The van der Waals surface area contributed by atoms with Crippen LogP contribution in [0.3, 0.4) is 0 Å². The minimum atomic E-state index is -0.884. The molecule has 1 heterocycles. The van der Waals surface area contributed by atoms with Crippen molar-refractivity contribution in [3.8, 4) is 5.69 Å². The molecule has 0 saturated heterocycles. The van der Waals surface area contributed by atoms with E-state index in [2.05, 4.69) is 10.4 Å². The summed E-state index contributed by atoms with van der Waals surface area (Å²) in [6.45, 7) is 4.26. The molecule has 2 N–H and O–H groups in total. The van der Waals surface area contributed by atoms with E-state index >= 15 is 0 Å². The second-order valence-corrected chi connectivity index (χ2v) is 6.50. The van der Waals surface area contributed by atoms with Crippen LogP contribution < -0.4 is 5.32 Å². The van der Waals surface area contributed by atoms with E-state index in [0.29, 0.717) is 10.7 Å². The number of hydrogen-bond donors (Lipinski definition) is 2. The quantitative estimate of drug-likeness (QED) is 0.637. The number of nitrogens with one attached hydrogen (secondary N) is 1. The lowest BCUT2D eigenvalue weighted by Gasteiger charge is -2.09. The van der Waals surface area contributed by atoms with Crippen molar-refractivity contribution in [2.45, 2.75) is 26.8 Å². The predicted octanol–water partition coefficient (Wildman–Crippen LogP) is 4.24. The van der Waals surface area contributed by atoms with Crippen molar-refractivity contribution in [2.24, 2.45) is 0 Å². The fraction of sp³-hybridized carbons (Fsp3) is 0.211. The summed E-state index contributed by atoms with van der Waals surface area (Å²) in [6.07, 6.45) is -0.0385. The standard InChI is InChI=1S/C19H20N4O2S/c1-13-3-7-15(8-4-13)20-18-21-22(12-11-17(24)25)19(26)23(18)16-9-5-14(2)6-10-16/h3-10H,11-12H2,1-2H3,(H,20,21)(H,24,25). The molecule has 134 valence electrons. The second kappa shape index (κ2) is 7.53. The molecule has 3 rings (SSSR count). The van der Waals surface area contributed by atoms with E-state index in [9.17, 15) is 4.79 Å². The maximum Gasteiger partial charge on any atom is 0.305 e. The Labute approximate surface area is 156 Å². The number of anilines is 2. The van der Waals surface area contributed by atoms with Gasteiger partial charge >= 0.3 is 5.97 Å². The summed E-state index contributed by atoms with van der Waals surface area (Å²) in [7, 11) is 0. The molecule has 0 aliphatic rings. The molecule has 3 aromatic rings. The van der Waals surface area contributed by atoms with Gasteiger partial charge in [0.25, 0.3) is 0 Å². The molecular formula is C19H20N4O2S. The first-order valence-electron chi connectivity index (χ1n) is 8.26. The first-order chi connectivity index (χ1) is 12.4. The lowest BCUT2D eigenvalue weighted by molar-refractivity contribution is -0.137. The number of benzene rings is 2. The molecule has 6 nitrogen and oxygen atoms in total. The van der Waals surface area contributed by atoms with Crippen molar-refractivity contribution in [3.05, 3.63) is 64.4 Å². The van der Waals surface area contributed by atoms with Crippen LogP contribution in [0.15, 0.2) is 48.5 Å². The summed E-state index contributed by atoms with van der Waals surface area (Å²) in [6, 6.07) is 15.9. The number of aryl methyl sites for hydroxylation is 3. The molecule has 26 heavy (non-hydrogen) atoms. The fourth-order valence-corrected chi connectivity index (χ4v) is 2.85. The van der Waals surface area contributed by atoms with Gasteiger partial charge in [-0.2, -0.15) is 0 Å². The van der Waals surface area contributed by atoms with E-state index < -0.39 is 5.97 Å². The zero-order valence-corrected chi connectivity index (χ0v) is 15.5. The molecule has 0 amide bonds. The van der Waals surface area contributed by atoms with E-state index in [1.165, 1.54) is 0 Å². The topological polar surface area (TPSA) is 72.1 Å². The molecule has 0 aliphatic heterocycles. The van der Waals surface area contributed by atoms with Crippen LogP contribution in [0.1, 0.15) is 17.5 Å². The van der Waals surface area contributed by atoms with Crippen molar-refractivity contribution >= 4 is 29.8 Å². The fourth-order valence-electron chi connectivity index (χ4n) is 2.53. The maximum atomic E-state index is 10.9. The average Bonchev–Trinajstić information content (AvgIpc) is 2.91. The van der Waals surface area contributed by atoms with Crippen LogP contribution in [0.5, 0.6) is 0 Å². The highest BCUT2D eigenvalue weighted by molar-refractivity contribution is 7.71. The van der Waals surface area contributed by atoms with Crippen LogP contribution in [0.2, 0.25) is 0 Å². The van der Waals surface area contributed by atoms with Crippen molar-refractivity contribution in [1.82, 2.24) is 14.3 Å². The van der Waals surface area contributed by atoms with Gasteiger partial charge in [0.15, 0.2) is 0 Å². The Hall–Kier alpha value is -2.93. The van der Waals surface area contributed by atoms with Gasteiger partial charge < -0.3 is 10.4 Å². The van der Waals surface area contributed by atoms with Crippen LogP contribution in [-0.4, -0.2) is 25.4 Å². The molecule has 0 bridgehead atoms. The van der Waals surface area contributed by atoms with E-state index in [0.717, 1.165) is 22.5 Å². The Morgan fingerprint density at radius 1 is 1.08 bits per heavy atom. The zero-order valence-electron chi connectivity index (χ0n) is 14.6. The molecule has 0 saturated carbocycles. The van der Waals surface area contributed by atoms with Gasteiger partial charge in [-0.15, -0.1) is 5.10 Å². The third-order valence-electron chi connectivity index (χ3n) is 3.98. The Morgan fingerprint density at radius 3 is 2.23 bits per heavy atom. The zero-order chi connectivity index (χ0) is 18.7. The molecular weight excluding hydrogens is 348 g/mol. The monoisotopic (exact) mass is 368 g/mol. The Bertz CT molecular complexity index is 972. The third kappa shape index (κ3) is 4.00. The van der Waals surface area contributed by atoms with Gasteiger partial charge in [0.2, 0.25) is 10.7 Å². The number of hydrogen-bond acceptors (Lipinski definition) is 4. The van der Waals surface area contributed by atoms with E-state index in [-0.39, 0.29) is 13.0 Å². The van der Waals surface area contributed by atoms with Crippen LogP contribution >= 0.6 is 12.2 Å². The first kappa shape index (κ1) is 17.9. The maximum absolute atomic E-state index is 10.9. The number of carboxylic acid groups (broad SMARTS) is 1. The van der Waals surface area contributed by atoms with E-state index in [1.807, 2.05) is 66.9 Å². The number of carboxylic acids is 1. The number of aromatic nitrogens is 3. The first-order valence-corrected chi connectivity index (χ1v) is 8.67. The Morgan fingerprint density at radius 2 is 1.65 bits per heavy atom. The molecule has 0 aliphatic carbocycles. The number of carbonyl (C=O) groups is 1.